The molecule has 0 amide bonds. The monoisotopic (exact) mass is 213 g/mol. The van der Waals surface area contributed by atoms with E-state index in [1.165, 1.54) is 0 Å². The first-order chi connectivity index (χ1) is 6.52. The minimum atomic E-state index is -0.920. The van der Waals surface area contributed by atoms with E-state index in [9.17, 15) is 4.79 Å². The van der Waals surface area contributed by atoms with Crippen molar-refractivity contribution in [1.82, 2.24) is 0 Å². The predicted octanol–water partition coefficient (Wildman–Crippen LogP) is 2.12. The van der Waals surface area contributed by atoms with Crippen LogP contribution < -0.4 is 5.73 Å². The van der Waals surface area contributed by atoms with Gasteiger partial charge in [-0.3, -0.25) is 4.79 Å². The summed E-state index contributed by atoms with van der Waals surface area (Å²) >= 11 is 5.93. The van der Waals surface area contributed by atoms with Crippen molar-refractivity contribution in [3.05, 3.63) is 34.3 Å². The zero-order chi connectivity index (χ0) is 10.7. The second kappa shape index (κ2) is 4.44. The molecule has 0 radical (unpaired) electrons. The molecule has 1 rings (SSSR count). The van der Waals surface area contributed by atoms with Crippen molar-refractivity contribution in [3.8, 4) is 0 Å². The Hall–Kier alpha value is -1.06. The first-order valence-corrected chi connectivity index (χ1v) is 4.62. The van der Waals surface area contributed by atoms with Crippen LogP contribution >= 0.6 is 11.6 Å². The number of aliphatic carboxylic acids is 1. The molecule has 1 atom stereocenters. The fourth-order valence-electron chi connectivity index (χ4n) is 1.40. The highest BCUT2D eigenvalue weighted by Crippen LogP contribution is 2.26. The van der Waals surface area contributed by atoms with Crippen molar-refractivity contribution in [1.29, 1.82) is 0 Å². The Balaban J connectivity index is 2.99. The Bertz CT molecular complexity index is 332. The minimum Gasteiger partial charge on any atom is -0.481 e. The minimum absolute atomic E-state index is 0.107. The van der Waals surface area contributed by atoms with E-state index >= 15 is 0 Å². The maximum atomic E-state index is 10.5. The normalized spacial score (nSPS) is 12.5. The number of hydrogen-bond acceptors (Lipinski definition) is 2. The molecule has 0 aromatic heterocycles. The molecule has 0 saturated carbocycles. The summed E-state index contributed by atoms with van der Waals surface area (Å²) in [6, 6.07) is 4.85. The van der Waals surface area contributed by atoms with E-state index in [4.69, 9.17) is 22.4 Å². The third kappa shape index (κ3) is 2.47. The standard InChI is InChI=1S/C10H12ClNO2/c1-6-3-2-4-7(11)10(6)8(12)5-9(13)14/h2-4,8H,5,12H2,1H3,(H,13,14)/t8-/m0/s1. The van der Waals surface area contributed by atoms with Gasteiger partial charge < -0.3 is 10.8 Å². The number of halogens is 1. The maximum absolute atomic E-state index is 10.5. The second-order valence-corrected chi connectivity index (χ2v) is 3.58. The summed E-state index contributed by atoms with van der Waals surface area (Å²) in [7, 11) is 0. The van der Waals surface area contributed by atoms with Crippen LogP contribution in [0.1, 0.15) is 23.6 Å². The molecule has 76 valence electrons. The highest BCUT2D eigenvalue weighted by molar-refractivity contribution is 6.31. The molecule has 0 aliphatic heterocycles. The van der Waals surface area contributed by atoms with Crippen LogP contribution in [0.3, 0.4) is 0 Å². The lowest BCUT2D eigenvalue weighted by atomic mass is 9.99. The van der Waals surface area contributed by atoms with Gasteiger partial charge in [0.1, 0.15) is 0 Å². The molecule has 3 N–H and O–H groups in total. The summed E-state index contributed by atoms with van der Waals surface area (Å²) in [6.07, 6.45) is -0.107. The van der Waals surface area contributed by atoms with Crippen LogP contribution in [0.15, 0.2) is 18.2 Å². The van der Waals surface area contributed by atoms with Crippen LogP contribution in [0.4, 0.5) is 0 Å². The molecule has 0 heterocycles. The van der Waals surface area contributed by atoms with Gasteiger partial charge in [0.2, 0.25) is 0 Å². The highest BCUT2D eigenvalue weighted by atomic mass is 35.5. The molecule has 0 fully saturated rings. The quantitative estimate of drug-likeness (QED) is 0.809. The average molecular weight is 214 g/mol. The molecule has 0 aliphatic rings. The van der Waals surface area contributed by atoms with Crippen LogP contribution in [0.5, 0.6) is 0 Å². The molecule has 3 nitrogen and oxygen atoms in total. The van der Waals surface area contributed by atoms with E-state index < -0.39 is 12.0 Å². The highest BCUT2D eigenvalue weighted by Gasteiger charge is 2.15. The number of hydrogen-bond donors (Lipinski definition) is 2. The molecule has 0 bridgehead atoms. The zero-order valence-electron chi connectivity index (χ0n) is 7.83. The van der Waals surface area contributed by atoms with Gasteiger partial charge in [0, 0.05) is 11.1 Å². The Morgan fingerprint density at radius 2 is 2.29 bits per heavy atom. The topological polar surface area (TPSA) is 63.3 Å². The van der Waals surface area contributed by atoms with Gasteiger partial charge in [-0.05, 0) is 24.1 Å². The molecule has 0 unspecified atom stereocenters. The van der Waals surface area contributed by atoms with Crippen molar-refractivity contribution in [2.75, 3.05) is 0 Å². The molecular formula is C10H12ClNO2. The predicted molar refractivity (Wildman–Crippen MR) is 55.4 cm³/mol. The van der Waals surface area contributed by atoms with Gasteiger partial charge in [-0.2, -0.15) is 0 Å². The van der Waals surface area contributed by atoms with Crippen LogP contribution in [-0.4, -0.2) is 11.1 Å². The maximum Gasteiger partial charge on any atom is 0.305 e. The molecule has 0 spiro atoms. The fourth-order valence-corrected chi connectivity index (χ4v) is 1.77. The Kier molecular flexibility index (Phi) is 3.49. The van der Waals surface area contributed by atoms with Gasteiger partial charge in [0.15, 0.2) is 0 Å². The summed E-state index contributed by atoms with van der Waals surface area (Å²) in [6.45, 7) is 1.86. The fraction of sp³-hybridized carbons (Fsp3) is 0.300. The summed E-state index contributed by atoms with van der Waals surface area (Å²) in [5.74, 6) is -0.920. The van der Waals surface area contributed by atoms with Crippen molar-refractivity contribution >= 4 is 17.6 Å². The lowest BCUT2D eigenvalue weighted by molar-refractivity contribution is -0.137. The molecule has 1 aromatic carbocycles. The molecule has 14 heavy (non-hydrogen) atoms. The van der Waals surface area contributed by atoms with E-state index in [-0.39, 0.29) is 6.42 Å². The Labute approximate surface area is 87.5 Å². The van der Waals surface area contributed by atoms with Crippen LogP contribution in [0, 0.1) is 6.92 Å². The van der Waals surface area contributed by atoms with Gasteiger partial charge in [-0.15, -0.1) is 0 Å². The Morgan fingerprint density at radius 1 is 1.64 bits per heavy atom. The van der Waals surface area contributed by atoms with E-state index in [2.05, 4.69) is 0 Å². The van der Waals surface area contributed by atoms with Gasteiger partial charge in [0.25, 0.3) is 0 Å². The van der Waals surface area contributed by atoms with Gasteiger partial charge in [0.05, 0.1) is 6.42 Å². The SMILES string of the molecule is Cc1cccc(Cl)c1[C@@H](N)CC(=O)O. The lowest BCUT2D eigenvalue weighted by Gasteiger charge is -2.14. The van der Waals surface area contributed by atoms with E-state index in [0.29, 0.717) is 5.02 Å². The van der Waals surface area contributed by atoms with E-state index in [1.807, 2.05) is 19.1 Å². The number of benzene rings is 1. The number of carbonyl (C=O) groups is 1. The molecule has 1 aromatic rings. The number of carboxylic acids is 1. The average Bonchev–Trinajstić information content (AvgIpc) is 2.01. The molecular weight excluding hydrogens is 202 g/mol. The van der Waals surface area contributed by atoms with E-state index in [0.717, 1.165) is 11.1 Å². The molecule has 4 heteroatoms. The van der Waals surface area contributed by atoms with Gasteiger partial charge in [-0.25, -0.2) is 0 Å². The summed E-state index contributed by atoms with van der Waals surface area (Å²) in [5, 5.41) is 9.13. The third-order valence-corrected chi connectivity index (χ3v) is 2.37. The van der Waals surface area contributed by atoms with Gasteiger partial charge >= 0.3 is 5.97 Å². The summed E-state index contributed by atoms with van der Waals surface area (Å²) < 4.78 is 0. The van der Waals surface area contributed by atoms with E-state index in [1.54, 1.807) is 6.07 Å². The van der Waals surface area contributed by atoms with Crippen molar-refractivity contribution in [2.45, 2.75) is 19.4 Å². The second-order valence-electron chi connectivity index (χ2n) is 3.17. The number of rotatable bonds is 3. The summed E-state index contributed by atoms with van der Waals surface area (Å²) in [5.41, 5.74) is 7.37. The lowest BCUT2D eigenvalue weighted by Crippen LogP contribution is -2.16. The third-order valence-electron chi connectivity index (χ3n) is 2.04. The molecule has 0 aliphatic carbocycles. The summed E-state index contributed by atoms with van der Waals surface area (Å²) in [4.78, 5) is 10.5. The van der Waals surface area contributed by atoms with Crippen LogP contribution in [0.2, 0.25) is 5.02 Å². The zero-order valence-corrected chi connectivity index (χ0v) is 8.58. The van der Waals surface area contributed by atoms with Crippen molar-refractivity contribution in [3.63, 3.8) is 0 Å². The van der Waals surface area contributed by atoms with Crippen molar-refractivity contribution < 1.29 is 9.90 Å². The van der Waals surface area contributed by atoms with Crippen LogP contribution in [0.25, 0.3) is 0 Å². The number of nitrogens with two attached hydrogens (primary N) is 1. The van der Waals surface area contributed by atoms with Crippen molar-refractivity contribution in [2.24, 2.45) is 5.73 Å². The van der Waals surface area contributed by atoms with Gasteiger partial charge in [-0.1, -0.05) is 23.7 Å². The Morgan fingerprint density at radius 3 is 2.79 bits per heavy atom. The first kappa shape index (κ1) is 11.0. The molecule has 0 saturated heterocycles. The first-order valence-electron chi connectivity index (χ1n) is 4.24. The number of carboxylic acid groups (broad SMARTS) is 1. The smallest absolute Gasteiger partial charge is 0.305 e. The number of aryl methyl sites for hydroxylation is 1. The largest absolute Gasteiger partial charge is 0.481 e. The van der Waals surface area contributed by atoms with Crippen LogP contribution in [-0.2, 0) is 4.79 Å².